The van der Waals surface area contributed by atoms with Gasteiger partial charge in [-0.25, -0.2) is 9.07 Å². The van der Waals surface area contributed by atoms with Crippen LogP contribution in [-0.4, -0.2) is 35.4 Å². The molecule has 0 atom stereocenters. The van der Waals surface area contributed by atoms with E-state index in [1.165, 1.54) is 6.07 Å². The third-order valence-corrected chi connectivity index (χ3v) is 6.24. The van der Waals surface area contributed by atoms with Gasteiger partial charge in [-0.3, -0.25) is 4.79 Å². The number of carbonyl (C=O) groups is 1. The molecule has 32 heavy (non-hydrogen) atoms. The Hall–Kier alpha value is -3.25. The molecule has 1 saturated heterocycles. The highest BCUT2D eigenvalue weighted by Crippen LogP contribution is 2.34. The van der Waals surface area contributed by atoms with Crippen LogP contribution in [0.3, 0.4) is 0 Å². The molecular formula is C26H28FN3O2. The van der Waals surface area contributed by atoms with E-state index >= 15 is 0 Å². The Morgan fingerprint density at radius 1 is 1.16 bits per heavy atom. The summed E-state index contributed by atoms with van der Waals surface area (Å²) in [6, 6.07) is 16.6. The first-order chi connectivity index (χ1) is 15.5. The lowest BCUT2D eigenvalue weighted by Gasteiger charge is -2.37. The summed E-state index contributed by atoms with van der Waals surface area (Å²) in [5.41, 5.74) is 4.31. The monoisotopic (exact) mass is 433 g/mol. The van der Waals surface area contributed by atoms with Crippen molar-refractivity contribution < 1.29 is 13.9 Å². The van der Waals surface area contributed by atoms with E-state index in [1.54, 1.807) is 18.2 Å². The summed E-state index contributed by atoms with van der Waals surface area (Å²) in [6.45, 7) is 5.55. The van der Waals surface area contributed by atoms with Crippen molar-refractivity contribution in [3.8, 4) is 5.69 Å². The van der Waals surface area contributed by atoms with Crippen molar-refractivity contribution in [1.29, 1.82) is 0 Å². The normalized spacial score (nSPS) is 15.7. The van der Waals surface area contributed by atoms with Crippen LogP contribution >= 0.6 is 0 Å². The van der Waals surface area contributed by atoms with Gasteiger partial charge in [0, 0.05) is 42.5 Å². The Labute approximate surface area is 187 Å². The topological polar surface area (TPSA) is 56.2 Å². The zero-order valence-electron chi connectivity index (χ0n) is 18.5. The molecule has 5 nitrogen and oxygen atoms in total. The molecule has 0 bridgehead atoms. The Bertz CT molecular complexity index is 1120. The molecule has 1 aliphatic rings. The van der Waals surface area contributed by atoms with Crippen LogP contribution in [0.2, 0.25) is 0 Å². The summed E-state index contributed by atoms with van der Waals surface area (Å²) < 4.78 is 21.3. The summed E-state index contributed by atoms with van der Waals surface area (Å²) in [4.78, 5) is 12.7. The smallest absolute Gasteiger partial charge is 0.244 e. The van der Waals surface area contributed by atoms with Gasteiger partial charge in [-0.05, 0) is 62.6 Å². The maximum Gasteiger partial charge on any atom is 0.244 e. The number of carbonyl (C=O) groups excluding carboxylic acids is 1. The van der Waals surface area contributed by atoms with E-state index in [0.29, 0.717) is 19.8 Å². The predicted molar refractivity (Wildman–Crippen MR) is 123 cm³/mol. The van der Waals surface area contributed by atoms with Crippen LogP contribution in [-0.2, 0) is 14.9 Å². The van der Waals surface area contributed by atoms with E-state index < -0.39 is 0 Å². The van der Waals surface area contributed by atoms with E-state index in [1.807, 2.05) is 61.0 Å². The highest BCUT2D eigenvalue weighted by molar-refractivity contribution is 5.92. The Kier molecular flexibility index (Phi) is 6.51. The fraction of sp³-hybridized carbons (Fsp3) is 0.308. The van der Waals surface area contributed by atoms with Crippen molar-refractivity contribution in [3.05, 3.63) is 89.0 Å². The van der Waals surface area contributed by atoms with Crippen molar-refractivity contribution in [2.45, 2.75) is 32.1 Å². The maximum atomic E-state index is 13.9. The molecule has 1 N–H and O–H groups in total. The number of hydrogen-bond acceptors (Lipinski definition) is 3. The number of nitrogens with one attached hydrogen (secondary N) is 1. The van der Waals surface area contributed by atoms with Gasteiger partial charge in [-0.2, -0.15) is 5.10 Å². The number of aromatic nitrogens is 2. The molecule has 1 aliphatic heterocycles. The molecule has 166 valence electrons. The van der Waals surface area contributed by atoms with Gasteiger partial charge in [0.1, 0.15) is 5.82 Å². The van der Waals surface area contributed by atoms with Gasteiger partial charge in [0.05, 0.1) is 11.4 Å². The number of halogens is 1. The predicted octanol–water partition coefficient (Wildman–Crippen LogP) is 4.51. The minimum Gasteiger partial charge on any atom is -0.381 e. The first-order valence-corrected chi connectivity index (χ1v) is 10.9. The highest BCUT2D eigenvalue weighted by Gasteiger charge is 2.35. The van der Waals surface area contributed by atoms with Crippen LogP contribution in [0.5, 0.6) is 0 Å². The van der Waals surface area contributed by atoms with Crippen molar-refractivity contribution in [3.63, 3.8) is 0 Å². The average Bonchev–Trinajstić information content (AvgIpc) is 3.10. The number of benzene rings is 2. The van der Waals surface area contributed by atoms with E-state index in [9.17, 15) is 9.18 Å². The second kappa shape index (κ2) is 9.49. The fourth-order valence-corrected chi connectivity index (χ4v) is 4.34. The van der Waals surface area contributed by atoms with Gasteiger partial charge in [-0.1, -0.05) is 30.3 Å². The Balaban J connectivity index is 1.48. The molecule has 6 heteroatoms. The van der Waals surface area contributed by atoms with Gasteiger partial charge < -0.3 is 10.1 Å². The summed E-state index contributed by atoms with van der Waals surface area (Å²) >= 11 is 0. The molecule has 4 rings (SSSR count). The van der Waals surface area contributed by atoms with E-state index in [4.69, 9.17) is 4.74 Å². The number of ether oxygens (including phenoxy) is 1. The lowest BCUT2D eigenvalue weighted by molar-refractivity contribution is -0.116. The molecule has 0 unspecified atom stereocenters. The largest absolute Gasteiger partial charge is 0.381 e. The summed E-state index contributed by atoms with van der Waals surface area (Å²) in [6.07, 6.45) is 4.83. The van der Waals surface area contributed by atoms with E-state index in [0.717, 1.165) is 41.0 Å². The van der Waals surface area contributed by atoms with Crippen LogP contribution in [0.4, 0.5) is 4.39 Å². The zero-order chi connectivity index (χ0) is 22.6. The number of hydrogen-bond donors (Lipinski definition) is 1. The number of amides is 1. The summed E-state index contributed by atoms with van der Waals surface area (Å²) in [5, 5.41) is 7.65. The number of para-hydroxylation sites is 1. The minimum atomic E-state index is -0.326. The van der Waals surface area contributed by atoms with Gasteiger partial charge >= 0.3 is 0 Å². The van der Waals surface area contributed by atoms with Crippen molar-refractivity contribution in [2.24, 2.45) is 0 Å². The zero-order valence-corrected chi connectivity index (χ0v) is 18.5. The highest BCUT2D eigenvalue weighted by atomic mass is 19.1. The number of aryl methyl sites for hydroxylation is 1. The van der Waals surface area contributed by atoms with Crippen molar-refractivity contribution >= 4 is 12.0 Å². The SMILES string of the molecule is Cc1nn(-c2ccccc2)c(C)c1/C=C/C(=O)NCC1(c2cccc(F)c2)CCOCC1. The Morgan fingerprint density at radius 2 is 1.91 bits per heavy atom. The van der Waals surface area contributed by atoms with Crippen LogP contribution in [0, 0.1) is 19.7 Å². The fourth-order valence-electron chi connectivity index (χ4n) is 4.34. The van der Waals surface area contributed by atoms with Crippen molar-refractivity contribution in [2.75, 3.05) is 19.8 Å². The third kappa shape index (κ3) is 4.65. The quantitative estimate of drug-likeness (QED) is 0.582. The van der Waals surface area contributed by atoms with Gasteiger partial charge in [0.25, 0.3) is 0 Å². The number of nitrogens with zero attached hydrogens (tertiary/aromatic N) is 2. The third-order valence-electron chi connectivity index (χ3n) is 6.24. The standard InChI is InChI=1S/C26H28FN3O2/c1-19-24(20(2)30(29-19)23-9-4-3-5-10-23)11-12-25(31)28-18-26(13-15-32-16-14-26)21-7-6-8-22(27)17-21/h3-12,17H,13-16,18H2,1-2H3,(H,28,31)/b12-11+. The lowest BCUT2D eigenvalue weighted by atomic mass is 9.74. The second-order valence-corrected chi connectivity index (χ2v) is 8.29. The average molecular weight is 434 g/mol. The molecule has 2 heterocycles. The first kappa shape index (κ1) is 22.0. The molecule has 1 amide bonds. The van der Waals surface area contributed by atoms with Crippen LogP contribution < -0.4 is 5.32 Å². The Morgan fingerprint density at radius 3 is 2.62 bits per heavy atom. The molecule has 0 saturated carbocycles. The van der Waals surface area contributed by atoms with Crippen LogP contribution in [0.1, 0.15) is 35.4 Å². The van der Waals surface area contributed by atoms with Gasteiger partial charge in [0.15, 0.2) is 0 Å². The molecule has 3 aromatic rings. The molecule has 0 spiro atoms. The van der Waals surface area contributed by atoms with Gasteiger partial charge in [-0.15, -0.1) is 0 Å². The molecule has 2 aromatic carbocycles. The summed E-state index contributed by atoms with van der Waals surface area (Å²) in [5.74, 6) is -0.445. The second-order valence-electron chi connectivity index (χ2n) is 8.29. The molecular weight excluding hydrogens is 405 g/mol. The molecule has 0 radical (unpaired) electrons. The molecule has 1 fully saturated rings. The van der Waals surface area contributed by atoms with Crippen LogP contribution in [0.15, 0.2) is 60.7 Å². The maximum absolute atomic E-state index is 13.9. The number of rotatable bonds is 6. The first-order valence-electron chi connectivity index (χ1n) is 10.9. The van der Waals surface area contributed by atoms with E-state index in [2.05, 4.69) is 10.4 Å². The van der Waals surface area contributed by atoms with E-state index in [-0.39, 0.29) is 17.1 Å². The van der Waals surface area contributed by atoms with Crippen molar-refractivity contribution in [1.82, 2.24) is 15.1 Å². The molecule has 0 aliphatic carbocycles. The minimum absolute atomic E-state index is 0.182. The molecule has 1 aromatic heterocycles. The lowest BCUT2D eigenvalue weighted by Crippen LogP contribution is -2.44. The summed E-state index contributed by atoms with van der Waals surface area (Å²) in [7, 11) is 0. The van der Waals surface area contributed by atoms with Gasteiger partial charge in [0.2, 0.25) is 5.91 Å². The van der Waals surface area contributed by atoms with Crippen LogP contribution in [0.25, 0.3) is 11.8 Å².